The van der Waals surface area contributed by atoms with E-state index in [-0.39, 0.29) is 11.9 Å². The molecule has 0 aliphatic rings. The summed E-state index contributed by atoms with van der Waals surface area (Å²) in [6.07, 6.45) is 3.67. The van der Waals surface area contributed by atoms with Gasteiger partial charge in [-0.05, 0) is 58.2 Å². The molecule has 1 aromatic heterocycles. The molecule has 19 heavy (non-hydrogen) atoms. The number of rotatable bonds is 4. The van der Waals surface area contributed by atoms with Gasteiger partial charge in [-0.2, -0.15) is 0 Å². The molecule has 4 heteroatoms. The number of aromatic nitrogens is 1. The van der Waals surface area contributed by atoms with Crippen molar-refractivity contribution in [3.63, 3.8) is 0 Å². The van der Waals surface area contributed by atoms with Gasteiger partial charge in [-0.25, -0.2) is 4.39 Å². The average molecular weight is 323 g/mol. The normalized spacial score (nSPS) is 12.4. The first-order valence-corrected chi connectivity index (χ1v) is 7.01. The van der Waals surface area contributed by atoms with Gasteiger partial charge in [-0.1, -0.05) is 19.1 Å². The van der Waals surface area contributed by atoms with Gasteiger partial charge in [0.25, 0.3) is 0 Å². The fraction of sp³-hybridized carbons (Fsp3) is 0.267. The largest absolute Gasteiger partial charge is 0.306 e. The fourth-order valence-corrected chi connectivity index (χ4v) is 2.46. The predicted octanol–water partition coefficient (Wildman–Crippen LogP) is 3.99. The summed E-state index contributed by atoms with van der Waals surface area (Å²) in [5, 5.41) is 3.41. The van der Waals surface area contributed by atoms with Crippen molar-refractivity contribution in [2.24, 2.45) is 0 Å². The molecule has 1 atom stereocenters. The molecular weight excluding hydrogens is 307 g/mol. The molecule has 0 spiro atoms. The summed E-state index contributed by atoms with van der Waals surface area (Å²) < 4.78 is 13.8. The second kappa shape index (κ2) is 6.26. The molecule has 0 saturated heterocycles. The second-order valence-corrected chi connectivity index (χ2v) is 5.31. The Morgan fingerprint density at radius 3 is 2.68 bits per heavy atom. The van der Waals surface area contributed by atoms with Crippen LogP contribution < -0.4 is 5.32 Å². The lowest BCUT2D eigenvalue weighted by atomic mass is 9.99. The number of benzene rings is 1. The molecule has 0 aliphatic carbocycles. The monoisotopic (exact) mass is 322 g/mol. The van der Waals surface area contributed by atoms with E-state index in [1.165, 1.54) is 6.07 Å². The molecule has 2 nitrogen and oxygen atoms in total. The highest BCUT2D eigenvalue weighted by Crippen LogP contribution is 2.26. The summed E-state index contributed by atoms with van der Waals surface area (Å²) in [7, 11) is 0. The van der Waals surface area contributed by atoms with E-state index < -0.39 is 0 Å². The van der Waals surface area contributed by atoms with E-state index in [4.69, 9.17) is 0 Å². The molecule has 1 N–H and O–H groups in total. The molecular formula is C15H16BrFN2. The second-order valence-electron chi connectivity index (χ2n) is 4.46. The van der Waals surface area contributed by atoms with Crippen LogP contribution in [-0.2, 0) is 0 Å². The molecule has 0 radical (unpaired) electrons. The van der Waals surface area contributed by atoms with Crippen molar-refractivity contribution in [2.75, 3.05) is 6.54 Å². The maximum atomic E-state index is 13.3. The number of nitrogens with zero attached hydrogens (tertiary/aromatic N) is 1. The van der Waals surface area contributed by atoms with Crippen LogP contribution in [0.4, 0.5) is 4.39 Å². The van der Waals surface area contributed by atoms with Gasteiger partial charge in [0.1, 0.15) is 5.82 Å². The number of pyridine rings is 1. The molecule has 1 aromatic carbocycles. The molecule has 1 unspecified atom stereocenters. The standard InChI is InChI=1S/C15H16BrFN2/c1-3-19-15(12-6-10(2)8-18-9-12)11-4-5-14(17)13(16)7-11/h4-9,15,19H,3H2,1-2H3. The minimum Gasteiger partial charge on any atom is -0.306 e. The minimum absolute atomic E-state index is 0.0225. The average Bonchev–Trinajstić information content (AvgIpc) is 2.39. The number of aryl methyl sites for hydroxylation is 1. The van der Waals surface area contributed by atoms with Gasteiger partial charge < -0.3 is 5.32 Å². The first-order valence-electron chi connectivity index (χ1n) is 6.21. The van der Waals surface area contributed by atoms with Crippen LogP contribution >= 0.6 is 15.9 Å². The third-order valence-electron chi connectivity index (χ3n) is 2.91. The quantitative estimate of drug-likeness (QED) is 0.920. The van der Waals surface area contributed by atoms with E-state index >= 15 is 0 Å². The Morgan fingerprint density at radius 1 is 1.26 bits per heavy atom. The van der Waals surface area contributed by atoms with Crippen molar-refractivity contribution in [2.45, 2.75) is 19.9 Å². The first kappa shape index (κ1) is 14.2. The van der Waals surface area contributed by atoms with Crippen molar-refractivity contribution >= 4 is 15.9 Å². The summed E-state index contributed by atoms with van der Waals surface area (Å²) >= 11 is 3.23. The summed E-state index contributed by atoms with van der Waals surface area (Å²) in [6, 6.07) is 7.21. The lowest BCUT2D eigenvalue weighted by Gasteiger charge is -2.19. The number of halogens is 2. The molecule has 2 aromatic rings. The molecule has 0 fully saturated rings. The number of hydrogen-bond acceptors (Lipinski definition) is 2. The Kier molecular flexibility index (Phi) is 4.66. The van der Waals surface area contributed by atoms with Gasteiger partial charge in [-0.3, -0.25) is 4.98 Å². The van der Waals surface area contributed by atoms with Crippen LogP contribution in [0.3, 0.4) is 0 Å². The predicted molar refractivity (Wildman–Crippen MR) is 78.6 cm³/mol. The van der Waals surface area contributed by atoms with Gasteiger partial charge >= 0.3 is 0 Å². The lowest BCUT2D eigenvalue weighted by Crippen LogP contribution is -2.22. The van der Waals surface area contributed by atoms with E-state index in [1.807, 2.05) is 25.4 Å². The number of nitrogens with one attached hydrogen (secondary N) is 1. The van der Waals surface area contributed by atoms with Crippen LogP contribution in [0.25, 0.3) is 0 Å². The van der Waals surface area contributed by atoms with E-state index in [0.29, 0.717) is 4.47 Å². The molecule has 100 valence electrons. The summed E-state index contributed by atoms with van der Waals surface area (Å²) in [6.45, 7) is 4.89. The minimum atomic E-state index is -0.249. The molecule has 2 rings (SSSR count). The maximum Gasteiger partial charge on any atom is 0.137 e. The van der Waals surface area contributed by atoms with Gasteiger partial charge in [0, 0.05) is 12.4 Å². The Labute approximate surface area is 121 Å². The van der Waals surface area contributed by atoms with Crippen LogP contribution in [0.1, 0.15) is 29.7 Å². The van der Waals surface area contributed by atoms with Crippen molar-refractivity contribution in [1.82, 2.24) is 10.3 Å². The van der Waals surface area contributed by atoms with Gasteiger partial charge in [0.05, 0.1) is 10.5 Å². The van der Waals surface area contributed by atoms with Gasteiger partial charge in [-0.15, -0.1) is 0 Å². The molecule has 0 bridgehead atoms. The first-order chi connectivity index (χ1) is 9.11. The SMILES string of the molecule is CCNC(c1cncc(C)c1)c1ccc(F)c(Br)c1. The summed E-state index contributed by atoms with van der Waals surface area (Å²) in [5.74, 6) is -0.249. The number of hydrogen-bond donors (Lipinski definition) is 1. The maximum absolute atomic E-state index is 13.3. The summed E-state index contributed by atoms with van der Waals surface area (Å²) in [5.41, 5.74) is 3.21. The summed E-state index contributed by atoms with van der Waals surface area (Å²) in [4.78, 5) is 4.23. The van der Waals surface area contributed by atoms with Crippen molar-refractivity contribution in [3.8, 4) is 0 Å². The Hall–Kier alpha value is -1.26. The third kappa shape index (κ3) is 3.39. The molecule has 1 heterocycles. The highest BCUT2D eigenvalue weighted by Gasteiger charge is 2.14. The van der Waals surface area contributed by atoms with Crippen LogP contribution in [0.2, 0.25) is 0 Å². The van der Waals surface area contributed by atoms with E-state index in [9.17, 15) is 4.39 Å². The van der Waals surface area contributed by atoms with Gasteiger partial charge in [0.15, 0.2) is 0 Å². The van der Waals surface area contributed by atoms with Crippen LogP contribution in [0.5, 0.6) is 0 Å². The smallest absolute Gasteiger partial charge is 0.137 e. The van der Waals surface area contributed by atoms with E-state index in [1.54, 1.807) is 6.07 Å². The zero-order valence-electron chi connectivity index (χ0n) is 11.0. The third-order valence-corrected chi connectivity index (χ3v) is 3.52. The fourth-order valence-electron chi connectivity index (χ4n) is 2.06. The highest BCUT2D eigenvalue weighted by atomic mass is 79.9. The Balaban J connectivity index is 2.42. The van der Waals surface area contributed by atoms with Crippen LogP contribution in [0.15, 0.2) is 41.1 Å². The Bertz CT molecular complexity index is 572. The van der Waals surface area contributed by atoms with Crippen molar-refractivity contribution < 1.29 is 4.39 Å². The highest BCUT2D eigenvalue weighted by molar-refractivity contribution is 9.10. The van der Waals surface area contributed by atoms with Crippen LogP contribution in [-0.4, -0.2) is 11.5 Å². The molecule has 0 saturated carbocycles. The molecule has 0 aliphatic heterocycles. The Morgan fingerprint density at radius 2 is 2.05 bits per heavy atom. The molecule has 0 amide bonds. The van der Waals surface area contributed by atoms with Crippen molar-refractivity contribution in [3.05, 3.63) is 63.6 Å². The van der Waals surface area contributed by atoms with Crippen molar-refractivity contribution in [1.29, 1.82) is 0 Å². The van der Waals surface area contributed by atoms with E-state index in [0.717, 1.165) is 23.2 Å². The van der Waals surface area contributed by atoms with Crippen LogP contribution in [0, 0.1) is 12.7 Å². The lowest BCUT2D eigenvalue weighted by molar-refractivity contribution is 0.607. The zero-order valence-corrected chi connectivity index (χ0v) is 12.5. The van der Waals surface area contributed by atoms with Gasteiger partial charge in [0.2, 0.25) is 0 Å². The zero-order chi connectivity index (χ0) is 13.8. The topological polar surface area (TPSA) is 24.9 Å². The van der Waals surface area contributed by atoms with E-state index in [2.05, 4.69) is 39.2 Å².